The SMILES string of the molecule is NC(CCC(=O)Nc1ccc([N+](=O)[O-])cc1)C(=O)Nc1ccc([N+](=O)[O-])cc1. The molecule has 11 nitrogen and oxygen atoms in total. The van der Waals surface area contributed by atoms with Gasteiger partial charge >= 0.3 is 0 Å². The lowest BCUT2D eigenvalue weighted by molar-refractivity contribution is -0.385. The van der Waals surface area contributed by atoms with Gasteiger partial charge in [-0.2, -0.15) is 0 Å². The van der Waals surface area contributed by atoms with Gasteiger partial charge in [0.1, 0.15) is 0 Å². The molecule has 1 unspecified atom stereocenters. The number of nitro groups is 2. The fraction of sp³-hybridized carbons (Fsp3) is 0.176. The first-order valence-electron chi connectivity index (χ1n) is 8.11. The summed E-state index contributed by atoms with van der Waals surface area (Å²) in [5.74, 6) is -0.926. The van der Waals surface area contributed by atoms with Crippen LogP contribution in [0.4, 0.5) is 22.7 Å². The zero-order valence-corrected chi connectivity index (χ0v) is 14.5. The zero-order valence-electron chi connectivity index (χ0n) is 14.5. The molecular formula is C17H17N5O6. The molecule has 0 aliphatic rings. The van der Waals surface area contributed by atoms with Crippen LogP contribution in [0.1, 0.15) is 12.8 Å². The van der Waals surface area contributed by atoms with Crippen molar-refractivity contribution < 1.29 is 19.4 Å². The van der Waals surface area contributed by atoms with E-state index in [4.69, 9.17) is 5.73 Å². The lowest BCUT2D eigenvalue weighted by atomic mass is 10.1. The van der Waals surface area contributed by atoms with Gasteiger partial charge in [0, 0.05) is 42.1 Å². The number of amides is 2. The molecule has 2 aromatic carbocycles. The number of non-ortho nitro benzene ring substituents is 2. The minimum atomic E-state index is -0.960. The Morgan fingerprint density at radius 1 is 0.857 bits per heavy atom. The number of hydrogen-bond acceptors (Lipinski definition) is 7. The molecule has 2 rings (SSSR count). The molecule has 0 saturated heterocycles. The van der Waals surface area contributed by atoms with Crippen molar-refractivity contribution in [3.05, 3.63) is 68.8 Å². The molecule has 0 heterocycles. The molecule has 28 heavy (non-hydrogen) atoms. The van der Waals surface area contributed by atoms with E-state index in [1.165, 1.54) is 48.5 Å². The van der Waals surface area contributed by atoms with Gasteiger partial charge in [-0.25, -0.2) is 0 Å². The number of nitrogens with zero attached hydrogens (tertiary/aromatic N) is 2. The molecule has 2 amide bonds. The van der Waals surface area contributed by atoms with Crippen LogP contribution in [0, 0.1) is 20.2 Å². The molecule has 4 N–H and O–H groups in total. The first-order valence-corrected chi connectivity index (χ1v) is 8.11. The van der Waals surface area contributed by atoms with Gasteiger partial charge < -0.3 is 16.4 Å². The summed E-state index contributed by atoms with van der Waals surface area (Å²) in [6, 6.07) is 9.62. The summed E-state index contributed by atoms with van der Waals surface area (Å²) in [7, 11) is 0. The van der Waals surface area contributed by atoms with E-state index in [1.807, 2.05) is 0 Å². The minimum Gasteiger partial charge on any atom is -0.326 e. The van der Waals surface area contributed by atoms with Gasteiger partial charge in [-0.05, 0) is 30.7 Å². The molecule has 0 saturated carbocycles. The van der Waals surface area contributed by atoms with Crippen LogP contribution >= 0.6 is 0 Å². The lowest BCUT2D eigenvalue weighted by Crippen LogP contribution is -2.36. The summed E-state index contributed by atoms with van der Waals surface area (Å²) < 4.78 is 0. The fourth-order valence-electron chi connectivity index (χ4n) is 2.21. The number of carbonyl (C=O) groups is 2. The Morgan fingerprint density at radius 3 is 1.71 bits per heavy atom. The quantitative estimate of drug-likeness (QED) is 0.460. The van der Waals surface area contributed by atoms with E-state index in [-0.39, 0.29) is 24.2 Å². The topological polar surface area (TPSA) is 170 Å². The van der Waals surface area contributed by atoms with Crippen LogP contribution in [0.2, 0.25) is 0 Å². The Hall–Kier alpha value is -3.86. The van der Waals surface area contributed by atoms with Crippen LogP contribution in [0.15, 0.2) is 48.5 Å². The monoisotopic (exact) mass is 387 g/mol. The number of nitrogens with two attached hydrogens (primary N) is 1. The number of hydrogen-bond donors (Lipinski definition) is 3. The highest BCUT2D eigenvalue weighted by Crippen LogP contribution is 2.17. The third-order valence-electron chi connectivity index (χ3n) is 3.73. The zero-order chi connectivity index (χ0) is 20.7. The van der Waals surface area contributed by atoms with Crippen molar-refractivity contribution >= 4 is 34.6 Å². The van der Waals surface area contributed by atoms with Crippen molar-refractivity contribution in [2.45, 2.75) is 18.9 Å². The van der Waals surface area contributed by atoms with E-state index >= 15 is 0 Å². The predicted octanol–water partition coefficient (Wildman–Crippen LogP) is 2.19. The first-order chi connectivity index (χ1) is 13.3. The molecule has 11 heteroatoms. The van der Waals surface area contributed by atoms with E-state index in [2.05, 4.69) is 10.6 Å². The molecule has 0 aromatic heterocycles. The summed E-state index contributed by atoms with van der Waals surface area (Å²) >= 11 is 0. The average molecular weight is 387 g/mol. The molecule has 0 aliphatic heterocycles. The van der Waals surface area contributed by atoms with Gasteiger partial charge in [0.25, 0.3) is 11.4 Å². The third kappa shape index (κ3) is 5.85. The standard InChI is InChI=1S/C17H17N5O6/c18-15(17(24)20-12-3-7-14(8-4-12)22(27)28)9-10-16(23)19-11-1-5-13(6-2-11)21(25)26/h1-8,15H,9-10,18H2,(H,19,23)(H,20,24). The maximum Gasteiger partial charge on any atom is 0.269 e. The van der Waals surface area contributed by atoms with Crippen molar-refractivity contribution in [2.24, 2.45) is 5.73 Å². The Morgan fingerprint density at radius 2 is 1.29 bits per heavy atom. The summed E-state index contributed by atoms with van der Waals surface area (Å²) in [6.45, 7) is 0. The second kappa shape index (κ2) is 9.19. The maximum atomic E-state index is 12.0. The van der Waals surface area contributed by atoms with Crippen LogP contribution in [0.25, 0.3) is 0 Å². The highest BCUT2D eigenvalue weighted by molar-refractivity contribution is 5.96. The lowest BCUT2D eigenvalue weighted by Gasteiger charge is -2.12. The van der Waals surface area contributed by atoms with Crippen molar-refractivity contribution in [2.75, 3.05) is 10.6 Å². The fourth-order valence-corrected chi connectivity index (χ4v) is 2.21. The number of nitro benzene ring substituents is 2. The Kier molecular flexibility index (Phi) is 6.71. The van der Waals surface area contributed by atoms with Gasteiger partial charge in [0.15, 0.2) is 0 Å². The molecule has 0 bridgehead atoms. The van der Waals surface area contributed by atoms with Gasteiger partial charge in [0.2, 0.25) is 11.8 Å². The van der Waals surface area contributed by atoms with Crippen LogP contribution in [0.5, 0.6) is 0 Å². The Labute approximate surface area is 158 Å². The number of carbonyl (C=O) groups excluding carboxylic acids is 2. The van der Waals surface area contributed by atoms with Crippen molar-refractivity contribution in [3.63, 3.8) is 0 Å². The van der Waals surface area contributed by atoms with Gasteiger partial charge in [-0.3, -0.25) is 29.8 Å². The molecule has 0 spiro atoms. The van der Waals surface area contributed by atoms with E-state index in [9.17, 15) is 29.8 Å². The first kappa shape index (κ1) is 20.5. The van der Waals surface area contributed by atoms with Crippen LogP contribution in [0.3, 0.4) is 0 Å². The van der Waals surface area contributed by atoms with Crippen LogP contribution in [-0.2, 0) is 9.59 Å². The molecule has 0 aliphatic carbocycles. The minimum absolute atomic E-state index is 0.0359. The average Bonchev–Trinajstić information content (AvgIpc) is 2.66. The summed E-state index contributed by atoms with van der Waals surface area (Å²) in [6.07, 6.45) is 0.0312. The largest absolute Gasteiger partial charge is 0.326 e. The normalized spacial score (nSPS) is 11.3. The Balaban J connectivity index is 1.80. The smallest absolute Gasteiger partial charge is 0.269 e. The van der Waals surface area contributed by atoms with E-state index in [1.54, 1.807) is 0 Å². The molecular weight excluding hydrogens is 370 g/mol. The number of nitrogens with one attached hydrogen (secondary N) is 2. The molecule has 2 aromatic rings. The summed E-state index contributed by atoms with van der Waals surface area (Å²) in [5.41, 5.74) is 6.30. The molecule has 1 atom stereocenters. The highest BCUT2D eigenvalue weighted by atomic mass is 16.6. The summed E-state index contributed by atoms with van der Waals surface area (Å²) in [5, 5.41) is 26.3. The van der Waals surface area contributed by atoms with Crippen LogP contribution < -0.4 is 16.4 Å². The second-order valence-corrected chi connectivity index (χ2v) is 5.79. The van der Waals surface area contributed by atoms with Crippen LogP contribution in [-0.4, -0.2) is 27.7 Å². The van der Waals surface area contributed by atoms with E-state index in [0.717, 1.165) is 0 Å². The maximum absolute atomic E-state index is 12.0. The van der Waals surface area contributed by atoms with Crippen molar-refractivity contribution in [1.82, 2.24) is 0 Å². The van der Waals surface area contributed by atoms with E-state index < -0.39 is 27.7 Å². The number of benzene rings is 2. The van der Waals surface area contributed by atoms with E-state index in [0.29, 0.717) is 11.4 Å². The molecule has 0 radical (unpaired) electrons. The predicted molar refractivity (Wildman–Crippen MR) is 101 cm³/mol. The van der Waals surface area contributed by atoms with Gasteiger partial charge in [-0.1, -0.05) is 0 Å². The number of rotatable bonds is 8. The number of anilines is 2. The Bertz CT molecular complexity index is 882. The van der Waals surface area contributed by atoms with Crippen molar-refractivity contribution in [3.8, 4) is 0 Å². The third-order valence-corrected chi connectivity index (χ3v) is 3.73. The molecule has 146 valence electrons. The van der Waals surface area contributed by atoms with Crippen molar-refractivity contribution in [1.29, 1.82) is 0 Å². The molecule has 0 fully saturated rings. The summed E-state index contributed by atoms with van der Waals surface area (Å²) in [4.78, 5) is 44.0. The highest BCUT2D eigenvalue weighted by Gasteiger charge is 2.16. The second-order valence-electron chi connectivity index (χ2n) is 5.79. The van der Waals surface area contributed by atoms with Gasteiger partial charge in [0.05, 0.1) is 15.9 Å². The van der Waals surface area contributed by atoms with Gasteiger partial charge in [-0.15, -0.1) is 0 Å².